The van der Waals surface area contributed by atoms with Gasteiger partial charge in [0.2, 0.25) is 10.0 Å². The summed E-state index contributed by atoms with van der Waals surface area (Å²) in [6.45, 7) is 0.777. The van der Waals surface area contributed by atoms with Gasteiger partial charge in [0.15, 0.2) is 0 Å². The van der Waals surface area contributed by atoms with Crippen molar-refractivity contribution in [1.82, 2.24) is 4.31 Å². The predicted molar refractivity (Wildman–Crippen MR) is 67.8 cm³/mol. The van der Waals surface area contributed by atoms with Crippen LogP contribution < -0.4 is 0 Å². The smallest absolute Gasteiger partial charge is 0.306 e. The Morgan fingerprint density at radius 1 is 1.21 bits per heavy atom. The fourth-order valence-electron chi connectivity index (χ4n) is 2.72. The average molecular weight is 281 g/mol. The van der Waals surface area contributed by atoms with E-state index in [-0.39, 0.29) is 18.0 Å². The molecule has 2 aliphatic heterocycles. The molecular weight excluding hydrogens is 266 g/mol. The van der Waals surface area contributed by atoms with Gasteiger partial charge in [-0.15, -0.1) is 0 Å². The van der Waals surface area contributed by atoms with E-state index in [1.54, 1.807) is 30.3 Å². The molecule has 102 valence electrons. The normalized spacial score (nSPS) is 27.9. The Hall–Kier alpha value is -1.40. The Morgan fingerprint density at radius 2 is 1.95 bits per heavy atom. The van der Waals surface area contributed by atoms with E-state index in [4.69, 9.17) is 4.74 Å². The number of sulfonamides is 1. The highest BCUT2D eigenvalue weighted by molar-refractivity contribution is 7.89. The number of fused-ring (bicyclic) bond motifs is 1. The van der Waals surface area contributed by atoms with Crippen molar-refractivity contribution in [1.29, 1.82) is 0 Å². The van der Waals surface area contributed by atoms with Gasteiger partial charge in [-0.05, 0) is 18.6 Å². The molecule has 0 saturated carbocycles. The van der Waals surface area contributed by atoms with Gasteiger partial charge < -0.3 is 4.74 Å². The van der Waals surface area contributed by atoms with Gasteiger partial charge in [-0.3, -0.25) is 4.79 Å². The lowest BCUT2D eigenvalue weighted by Gasteiger charge is -2.32. The first-order valence-electron chi connectivity index (χ1n) is 6.32. The zero-order valence-corrected chi connectivity index (χ0v) is 11.2. The summed E-state index contributed by atoms with van der Waals surface area (Å²) < 4.78 is 31.6. The molecule has 2 saturated heterocycles. The number of nitrogens with zero attached hydrogens (tertiary/aromatic N) is 1. The van der Waals surface area contributed by atoms with E-state index in [0.717, 1.165) is 0 Å². The van der Waals surface area contributed by atoms with Crippen molar-refractivity contribution in [3.8, 4) is 0 Å². The van der Waals surface area contributed by atoms with Crippen molar-refractivity contribution in [2.24, 2.45) is 5.92 Å². The summed E-state index contributed by atoms with van der Waals surface area (Å²) in [5.74, 6) is -0.214. The minimum Gasteiger partial charge on any atom is -0.462 e. The van der Waals surface area contributed by atoms with Crippen LogP contribution in [0.2, 0.25) is 0 Å². The number of ether oxygens (including phenoxy) is 1. The van der Waals surface area contributed by atoms with Gasteiger partial charge in [-0.1, -0.05) is 18.2 Å². The number of carbonyl (C=O) groups is 1. The van der Waals surface area contributed by atoms with Crippen LogP contribution in [-0.2, 0) is 19.6 Å². The van der Waals surface area contributed by atoms with Crippen molar-refractivity contribution in [2.75, 3.05) is 13.1 Å². The van der Waals surface area contributed by atoms with Crippen molar-refractivity contribution >= 4 is 16.0 Å². The topological polar surface area (TPSA) is 63.7 Å². The van der Waals surface area contributed by atoms with E-state index in [1.165, 1.54) is 4.31 Å². The van der Waals surface area contributed by atoms with Gasteiger partial charge >= 0.3 is 5.97 Å². The van der Waals surface area contributed by atoms with Gasteiger partial charge in [0.25, 0.3) is 0 Å². The minimum absolute atomic E-state index is 0.000243. The molecule has 6 heteroatoms. The summed E-state index contributed by atoms with van der Waals surface area (Å²) in [7, 11) is -3.45. The van der Waals surface area contributed by atoms with E-state index in [0.29, 0.717) is 30.8 Å². The Bertz CT molecular complexity index is 584. The monoisotopic (exact) mass is 281 g/mol. The van der Waals surface area contributed by atoms with Crippen LogP contribution in [0.1, 0.15) is 12.8 Å². The number of benzene rings is 1. The summed E-state index contributed by atoms with van der Waals surface area (Å²) in [6.07, 6.45) is 0.809. The molecule has 19 heavy (non-hydrogen) atoms. The molecule has 0 aliphatic carbocycles. The SMILES string of the molecule is O=C1C[C@@H]2CN(S(=O)(=O)c3ccccc3)CC[C@@H]2O1. The molecule has 5 nitrogen and oxygen atoms in total. The maximum absolute atomic E-state index is 12.5. The molecule has 0 aromatic heterocycles. The molecule has 0 bridgehead atoms. The van der Waals surface area contributed by atoms with Crippen LogP contribution in [0, 0.1) is 5.92 Å². The van der Waals surface area contributed by atoms with Crippen LogP contribution in [0.3, 0.4) is 0 Å². The van der Waals surface area contributed by atoms with Crippen LogP contribution in [0.25, 0.3) is 0 Å². The highest BCUT2D eigenvalue weighted by atomic mass is 32.2. The van der Waals surface area contributed by atoms with Crippen molar-refractivity contribution < 1.29 is 17.9 Å². The average Bonchev–Trinajstić information content (AvgIpc) is 2.78. The van der Waals surface area contributed by atoms with Crippen LogP contribution in [0.5, 0.6) is 0 Å². The number of piperidine rings is 1. The lowest BCUT2D eigenvalue weighted by molar-refractivity contribution is -0.142. The molecule has 2 heterocycles. The van der Waals surface area contributed by atoms with E-state index >= 15 is 0 Å². The van der Waals surface area contributed by atoms with Gasteiger partial charge in [0.05, 0.1) is 11.3 Å². The first kappa shape index (κ1) is 12.6. The molecule has 2 aliphatic rings. The van der Waals surface area contributed by atoms with E-state index in [1.807, 2.05) is 0 Å². The number of esters is 1. The van der Waals surface area contributed by atoms with E-state index < -0.39 is 10.0 Å². The quantitative estimate of drug-likeness (QED) is 0.759. The largest absolute Gasteiger partial charge is 0.462 e. The highest BCUT2D eigenvalue weighted by Gasteiger charge is 2.42. The minimum atomic E-state index is -3.45. The molecule has 0 amide bonds. The second-order valence-electron chi connectivity index (χ2n) is 4.96. The summed E-state index contributed by atoms with van der Waals surface area (Å²) in [5.41, 5.74) is 0. The first-order chi connectivity index (χ1) is 9.07. The second kappa shape index (κ2) is 4.61. The summed E-state index contributed by atoms with van der Waals surface area (Å²) in [6, 6.07) is 8.40. The number of rotatable bonds is 2. The van der Waals surface area contributed by atoms with Crippen molar-refractivity contribution in [3.63, 3.8) is 0 Å². The molecule has 0 N–H and O–H groups in total. The molecule has 0 unspecified atom stereocenters. The molecule has 3 rings (SSSR count). The third-order valence-electron chi connectivity index (χ3n) is 3.72. The molecule has 2 atom stereocenters. The van der Waals surface area contributed by atoms with Crippen molar-refractivity contribution in [3.05, 3.63) is 30.3 Å². The molecule has 0 radical (unpaired) electrons. The Labute approximate surface area is 112 Å². The predicted octanol–water partition coefficient (Wildman–Crippen LogP) is 1.01. The van der Waals surface area contributed by atoms with Gasteiger partial charge in [-0.25, -0.2) is 8.42 Å². The standard InChI is InChI=1S/C13H15NO4S/c15-13-8-10-9-14(7-6-12(10)18-13)19(16,17)11-4-2-1-3-5-11/h1-5,10,12H,6-9H2/t10-,12+/m1/s1. The number of carbonyl (C=O) groups excluding carboxylic acids is 1. The first-order valence-corrected chi connectivity index (χ1v) is 7.76. The third-order valence-corrected chi connectivity index (χ3v) is 5.60. The molecule has 1 aromatic carbocycles. The summed E-state index contributed by atoms with van der Waals surface area (Å²) in [4.78, 5) is 11.5. The molecule has 0 spiro atoms. The van der Waals surface area contributed by atoms with Crippen LogP contribution in [0.4, 0.5) is 0 Å². The molecular formula is C13H15NO4S. The Morgan fingerprint density at radius 3 is 2.68 bits per heavy atom. The lowest BCUT2D eigenvalue weighted by atomic mass is 9.96. The Balaban J connectivity index is 1.82. The number of hydrogen-bond donors (Lipinski definition) is 0. The highest BCUT2D eigenvalue weighted by Crippen LogP contribution is 2.32. The van der Waals surface area contributed by atoms with Gasteiger partial charge in [-0.2, -0.15) is 4.31 Å². The van der Waals surface area contributed by atoms with Crippen LogP contribution >= 0.6 is 0 Å². The number of hydrogen-bond acceptors (Lipinski definition) is 4. The van der Waals surface area contributed by atoms with Crippen LogP contribution in [0.15, 0.2) is 35.2 Å². The third kappa shape index (κ3) is 2.26. The van der Waals surface area contributed by atoms with Crippen molar-refractivity contribution in [2.45, 2.75) is 23.8 Å². The van der Waals surface area contributed by atoms with Gasteiger partial charge in [0, 0.05) is 19.0 Å². The van der Waals surface area contributed by atoms with Gasteiger partial charge in [0.1, 0.15) is 6.10 Å². The summed E-state index contributed by atoms with van der Waals surface area (Å²) in [5, 5.41) is 0. The maximum Gasteiger partial charge on any atom is 0.306 e. The lowest BCUT2D eigenvalue weighted by Crippen LogP contribution is -2.44. The zero-order valence-electron chi connectivity index (χ0n) is 10.4. The van der Waals surface area contributed by atoms with E-state index in [2.05, 4.69) is 0 Å². The Kier molecular flexibility index (Phi) is 3.06. The fourth-order valence-corrected chi connectivity index (χ4v) is 4.25. The zero-order chi connectivity index (χ0) is 13.5. The molecule has 1 aromatic rings. The van der Waals surface area contributed by atoms with Crippen LogP contribution in [-0.4, -0.2) is 37.9 Å². The fraction of sp³-hybridized carbons (Fsp3) is 0.462. The summed E-state index contributed by atoms with van der Waals surface area (Å²) >= 11 is 0. The van der Waals surface area contributed by atoms with E-state index in [9.17, 15) is 13.2 Å². The maximum atomic E-state index is 12.5. The molecule has 2 fully saturated rings. The second-order valence-corrected chi connectivity index (χ2v) is 6.90.